The van der Waals surface area contributed by atoms with Gasteiger partial charge >= 0.3 is 12.1 Å². The Balaban J connectivity index is 1.45. The van der Waals surface area contributed by atoms with E-state index in [0.29, 0.717) is 42.5 Å². The molecule has 1 aromatic heterocycles. The molecule has 0 aliphatic carbocycles. The Morgan fingerprint density at radius 2 is 1.82 bits per heavy atom. The topological polar surface area (TPSA) is 93.6 Å². The van der Waals surface area contributed by atoms with E-state index in [1.165, 1.54) is 12.1 Å². The summed E-state index contributed by atoms with van der Waals surface area (Å²) in [6, 6.07) is 5.10. The van der Waals surface area contributed by atoms with E-state index in [1.807, 2.05) is 0 Å². The highest BCUT2D eigenvalue weighted by molar-refractivity contribution is 5.88. The monoisotopic (exact) mass is 479 g/mol. The fourth-order valence-electron chi connectivity index (χ4n) is 4.44. The van der Waals surface area contributed by atoms with Crippen molar-refractivity contribution < 1.29 is 32.5 Å². The summed E-state index contributed by atoms with van der Waals surface area (Å²) < 4.78 is 50.1. The zero-order valence-corrected chi connectivity index (χ0v) is 18.9. The zero-order valence-electron chi connectivity index (χ0n) is 18.9. The number of carboxylic acids is 1. The van der Waals surface area contributed by atoms with Crippen molar-refractivity contribution in [1.82, 2.24) is 9.97 Å². The van der Waals surface area contributed by atoms with Gasteiger partial charge in [-0.1, -0.05) is 12.1 Å². The quantitative estimate of drug-likeness (QED) is 0.594. The lowest BCUT2D eigenvalue weighted by Crippen LogP contribution is -2.30. The van der Waals surface area contributed by atoms with Gasteiger partial charge in [0, 0.05) is 31.2 Å². The van der Waals surface area contributed by atoms with Crippen LogP contribution in [0.1, 0.15) is 77.1 Å². The molecule has 0 amide bonds. The molecule has 1 aromatic carbocycles. The van der Waals surface area contributed by atoms with Gasteiger partial charge in [-0.25, -0.2) is 14.8 Å². The summed E-state index contributed by atoms with van der Waals surface area (Å²) in [4.78, 5) is 20.7. The van der Waals surface area contributed by atoms with Crippen LogP contribution in [0, 0.1) is 6.92 Å². The van der Waals surface area contributed by atoms with Crippen LogP contribution in [0.3, 0.4) is 0 Å². The van der Waals surface area contributed by atoms with Crippen LogP contribution in [0.25, 0.3) is 0 Å². The maximum Gasteiger partial charge on any atom is 0.416 e. The molecule has 2 aliphatic heterocycles. The lowest BCUT2D eigenvalue weighted by molar-refractivity contribution is -0.137. The summed E-state index contributed by atoms with van der Waals surface area (Å²) in [7, 11) is 0. The lowest BCUT2D eigenvalue weighted by Gasteiger charge is -2.31. The third-order valence-corrected chi connectivity index (χ3v) is 6.41. The molecule has 4 rings (SSSR count). The molecule has 2 aromatic rings. The smallest absolute Gasteiger partial charge is 0.416 e. The van der Waals surface area contributed by atoms with Crippen LogP contribution in [0.2, 0.25) is 0 Å². The van der Waals surface area contributed by atoms with Gasteiger partial charge in [-0.3, -0.25) is 0 Å². The van der Waals surface area contributed by atoms with Crippen molar-refractivity contribution in [3.05, 3.63) is 52.5 Å². The Morgan fingerprint density at radius 3 is 2.47 bits per heavy atom. The molecule has 0 radical (unpaired) electrons. The SMILES string of the molecule is Cc1c(NC[C@H]2CCC[C@@H](c3ccc(C(F)(F)F)cc3)O2)nc(C2CCOCC2)nc1C(=O)O. The number of alkyl halides is 3. The highest BCUT2D eigenvalue weighted by atomic mass is 19.4. The van der Waals surface area contributed by atoms with Crippen LogP contribution in [-0.2, 0) is 15.7 Å². The van der Waals surface area contributed by atoms with E-state index < -0.39 is 17.7 Å². The van der Waals surface area contributed by atoms with Crippen molar-refractivity contribution in [3.8, 4) is 0 Å². The first-order chi connectivity index (χ1) is 16.2. The molecule has 2 atom stereocenters. The van der Waals surface area contributed by atoms with Crippen molar-refractivity contribution in [2.75, 3.05) is 25.1 Å². The largest absolute Gasteiger partial charge is 0.476 e. The predicted octanol–water partition coefficient (Wildman–Crippen LogP) is 5.12. The second-order valence-corrected chi connectivity index (χ2v) is 8.77. The summed E-state index contributed by atoms with van der Waals surface area (Å²) in [5, 5.41) is 12.9. The molecule has 3 heterocycles. The molecule has 2 fully saturated rings. The number of benzene rings is 1. The molecule has 0 saturated carbocycles. The first-order valence-electron chi connectivity index (χ1n) is 11.5. The van der Waals surface area contributed by atoms with Crippen LogP contribution >= 0.6 is 0 Å². The van der Waals surface area contributed by atoms with Crippen LogP contribution in [0.4, 0.5) is 19.0 Å². The van der Waals surface area contributed by atoms with E-state index in [1.54, 1.807) is 6.92 Å². The number of aromatic nitrogens is 2. The summed E-state index contributed by atoms with van der Waals surface area (Å²) >= 11 is 0. The third kappa shape index (κ3) is 5.67. The first-order valence-corrected chi connectivity index (χ1v) is 11.5. The maximum absolute atomic E-state index is 12.9. The maximum atomic E-state index is 12.9. The molecule has 34 heavy (non-hydrogen) atoms. The van der Waals surface area contributed by atoms with E-state index in [0.717, 1.165) is 44.2 Å². The van der Waals surface area contributed by atoms with Gasteiger partial charge in [0.25, 0.3) is 0 Å². The highest BCUT2D eigenvalue weighted by Gasteiger charge is 2.31. The number of hydrogen-bond donors (Lipinski definition) is 2. The second kappa shape index (κ2) is 10.3. The van der Waals surface area contributed by atoms with Crippen molar-refractivity contribution in [2.24, 2.45) is 0 Å². The van der Waals surface area contributed by atoms with Gasteiger partial charge < -0.3 is 19.9 Å². The molecule has 10 heteroatoms. The molecule has 2 aliphatic rings. The Morgan fingerprint density at radius 1 is 1.12 bits per heavy atom. The number of nitrogens with one attached hydrogen (secondary N) is 1. The van der Waals surface area contributed by atoms with E-state index in [9.17, 15) is 23.1 Å². The molecular weight excluding hydrogens is 451 g/mol. The molecule has 0 unspecified atom stereocenters. The molecule has 7 nitrogen and oxygen atoms in total. The summed E-state index contributed by atoms with van der Waals surface area (Å²) in [6.07, 6.45) is -0.986. The highest BCUT2D eigenvalue weighted by Crippen LogP contribution is 2.34. The van der Waals surface area contributed by atoms with Crippen molar-refractivity contribution in [3.63, 3.8) is 0 Å². The van der Waals surface area contributed by atoms with Crippen molar-refractivity contribution in [1.29, 1.82) is 0 Å². The number of aromatic carboxylic acids is 1. The van der Waals surface area contributed by atoms with Gasteiger partial charge in [-0.2, -0.15) is 13.2 Å². The Kier molecular flexibility index (Phi) is 7.37. The minimum atomic E-state index is -4.37. The fourth-order valence-corrected chi connectivity index (χ4v) is 4.44. The average molecular weight is 479 g/mol. The number of carbonyl (C=O) groups is 1. The van der Waals surface area contributed by atoms with Crippen LogP contribution < -0.4 is 5.32 Å². The third-order valence-electron chi connectivity index (χ3n) is 6.41. The number of carboxylic acid groups (broad SMARTS) is 1. The molecular formula is C24H28F3N3O4. The lowest BCUT2D eigenvalue weighted by atomic mass is 9.97. The van der Waals surface area contributed by atoms with Gasteiger partial charge in [-0.05, 0) is 56.7 Å². The number of anilines is 1. The minimum absolute atomic E-state index is 0.0221. The second-order valence-electron chi connectivity index (χ2n) is 8.77. The number of nitrogens with zero attached hydrogens (tertiary/aromatic N) is 2. The standard InChI is InChI=1S/C24H28F3N3O4/c1-14-20(23(31)32)29-22(16-9-11-33-12-10-16)30-21(14)28-13-18-3-2-4-19(34-18)15-5-7-17(8-6-15)24(25,26)27/h5-8,16,18-19H,2-4,9-13H2,1H3,(H,31,32)(H,28,29,30)/t18-,19+/m1/s1. The number of ether oxygens (including phenoxy) is 2. The van der Waals surface area contributed by atoms with Crippen LogP contribution in [0.5, 0.6) is 0 Å². The Hall–Kier alpha value is -2.72. The zero-order chi connectivity index (χ0) is 24.3. The molecule has 0 bridgehead atoms. The number of halogens is 3. The van der Waals surface area contributed by atoms with Gasteiger partial charge in [0.2, 0.25) is 0 Å². The van der Waals surface area contributed by atoms with Crippen molar-refractivity contribution in [2.45, 2.75) is 63.3 Å². The van der Waals surface area contributed by atoms with Gasteiger partial charge in [0.1, 0.15) is 11.6 Å². The van der Waals surface area contributed by atoms with Crippen LogP contribution in [-0.4, -0.2) is 46.9 Å². The van der Waals surface area contributed by atoms with E-state index >= 15 is 0 Å². The number of hydrogen-bond acceptors (Lipinski definition) is 6. The van der Waals surface area contributed by atoms with E-state index in [4.69, 9.17) is 9.47 Å². The molecule has 0 spiro atoms. The van der Waals surface area contributed by atoms with Crippen molar-refractivity contribution >= 4 is 11.8 Å². The first kappa shape index (κ1) is 24.4. The normalized spacial score (nSPS) is 21.9. The molecule has 2 N–H and O–H groups in total. The fraction of sp³-hybridized carbons (Fsp3) is 0.542. The Bertz CT molecular complexity index is 1010. The Labute approximate surface area is 195 Å². The minimum Gasteiger partial charge on any atom is -0.476 e. The average Bonchev–Trinajstić information content (AvgIpc) is 2.83. The van der Waals surface area contributed by atoms with Gasteiger partial charge in [0.15, 0.2) is 5.69 Å². The predicted molar refractivity (Wildman–Crippen MR) is 118 cm³/mol. The summed E-state index contributed by atoms with van der Waals surface area (Å²) in [5.74, 6) is -0.0920. The van der Waals surface area contributed by atoms with E-state index in [2.05, 4.69) is 15.3 Å². The molecule has 2 saturated heterocycles. The molecule has 184 valence electrons. The van der Waals surface area contributed by atoms with Crippen LogP contribution in [0.15, 0.2) is 24.3 Å². The van der Waals surface area contributed by atoms with Gasteiger partial charge in [0.05, 0.1) is 17.8 Å². The number of rotatable bonds is 6. The van der Waals surface area contributed by atoms with Gasteiger partial charge in [-0.15, -0.1) is 0 Å². The van der Waals surface area contributed by atoms with E-state index in [-0.39, 0.29) is 23.8 Å². The summed E-state index contributed by atoms with van der Waals surface area (Å²) in [6.45, 7) is 3.26. The summed E-state index contributed by atoms with van der Waals surface area (Å²) in [5.41, 5.74) is 0.467.